The lowest BCUT2D eigenvalue weighted by Gasteiger charge is -2.25. The lowest BCUT2D eigenvalue weighted by molar-refractivity contribution is 0.266. The molecule has 2 rings (SSSR count). The van der Waals surface area contributed by atoms with E-state index in [1.54, 1.807) is 0 Å². The molecule has 1 saturated carbocycles. The van der Waals surface area contributed by atoms with E-state index >= 15 is 0 Å². The Hall–Kier alpha value is -0.590. The third-order valence-corrected chi connectivity index (χ3v) is 4.20. The van der Waals surface area contributed by atoms with E-state index in [2.05, 4.69) is 23.2 Å². The average Bonchev–Trinajstić information content (AvgIpc) is 3.17. The Bertz CT molecular complexity index is 285. The number of hydrogen-bond acceptors (Lipinski definition) is 3. The number of nitriles is 1. The molecule has 3 heteroatoms. The van der Waals surface area contributed by atoms with E-state index in [9.17, 15) is 5.26 Å². The third-order valence-electron chi connectivity index (χ3n) is 4.20. The monoisotopic (exact) mass is 249 g/mol. The van der Waals surface area contributed by atoms with Crippen LogP contribution >= 0.6 is 0 Å². The maximum absolute atomic E-state index is 9.32. The van der Waals surface area contributed by atoms with E-state index in [1.807, 2.05) is 0 Å². The van der Waals surface area contributed by atoms with Crippen molar-refractivity contribution in [3.8, 4) is 6.07 Å². The molecule has 0 spiro atoms. The number of hydrogen-bond donors (Lipinski definition) is 1. The van der Waals surface area contributed by atoms with Crippen molar-refractivity contribution in [2.24, 2.45) is 0 Å². The molecule has 0 aromatic rings. The van der Waals surface area contributed by atoms with Crippen LogP contribution in [0.4, 0.5) is 0 Å². The largest absolute Gasteiger partial charge is 0.303 e. The fraction of sp³-hybridized carbons (Fsp3) is 0.933. The highest BCUT2D eigenvalue weighted by molar-refractivity contribution is 5.07. The Balaban J connectivity index is 1.67. The van der Waals surface area contributed by atoms with E-state index in [1.165, 1.54) is 58.2 Å². The maximum Gasteiger partial charge on any atom is 0.104 e. The Morgan fingerprint density at radius 2 is 1.89 bits per heavy atom. The van der Waals surface area contributed by atoms with Crippen LogP contribution in [0, 0.1) is 11.3 Å². The second-order valence-electron chi connectivity index (χ2n) is 6.22. The SMILES string of the molecule is CC(C#N)(CCCN1CCCCCC1)NC1CC1. The highest BCUT2D eigenvalue weighted by Crippen LogP contribution is 2.24. The van der Waals surface area contributed by atoms with Crippen LogP contribution in [0.5, 0.6) is 0 Å². The molecule has 1 saturated heterocycles. The summed E-state index contributed by atoms with van der Waals surface area (Å²) in [6, 6.07) is 3.09. The predicted octanol–water partition coefficient (Wildman–Crippen LogP) is 2.68. The molecule has 18 heavy (non-hydrogen) atoms. The zero-order valence-electron chi connectivity index (χ0n) is 11.7. The summed E-state index contributed by atoms with van der Waals surface area (Å²) in [7, 11) is 0. The summed E-state index contributed by atoms with van der Waals surface area (Å²) in [4.78, 5) is 2.59. The van der Waals surface area contributed by atoms with Crippen molar-refractivity contribution in [1.82, 2.24) is 10.2 Å². The van der Waals surface area contributed by atoms with E-state index in [0.29, 0.717) is 6.04 Å². The predicted molar refractivity (Wildman–Crippen MR) is 74.3 cm³/mol. The molecule has 0 aromatic heterocycles. The number of likely N-dealkylation sites (tertiary alicyclic amines) is 1. The summed E-state index contributed by atoms with van der Waals surface area (Å²) in [5, 5.41) is 12.8. The van der Waals surface area contributed by atoms with Crippen molar-refractivity contribution in [2.45, 2.75) is 69.9 Å². The van der Waals surface area contributed by atoms with Crippen molar-refractivity contribution in [3.63, 3.8) is 0 Å². The molecule has 0 aromatic carbocycles. The van der Waals surface area contributed by atoms with Gasteiger partial charge >= 0.3 is 0 Å². The van der Waals surface area contributed by atoms with Crippen molar-refractivity contribution < 1.29 is 0 Å². The van der Waals surface area contributed by atoms with Gasteiger partial charge in [-0.1, -0.05) is 12.8 Å². The first kappa shape index (κ1) is 13.8. The van der Waals surface area contributed by atoms with Crippen LogP contribution in [0.1, 0.15) is 58.3 Å². The maximum atomic E-state index is 9.32. The Kier molecular flexibility index (Phi) is 5.03. The first-order valence-electron chi connectivity index (χ1n) is 7.63. The van der Waals surface area contributed by atoms with Crippen LogP contribution < -0.4 is 5.32 Å². The van der Waals surface area contributed by atoms with Gasteiger partial charge < -0.3 is 4.90 Å². The van der Waals surface area contributed by atoms with Crippen LogP contribution in [-0.2, 0) is 0 Å². The smallest absolute Gasteiger partial charge is 0.104 e. The van der Waals surface area contributed by atoms with E-state index in [0.717, 1.165) is 12.8 Å². The second kappa shape index (κ2) is 6.54. The van der Waals surface area contributed by atoms with E-state index < -0.39 is 0 Å². The topological polar surface area (TPSA) is 39.1 Å². The third kappa shape index (κ3) is 4.59. The summed E-state index contributed by atoms with van der Waals surface area (Å²) >= 11 is 0. The standard InChI is InChI=1S/C15H27N3/c1-15(13-16,17-14-7-8-14)9-6-12-18-10-4-2-3-5-11-18/h14,17H,2-12H2,1H3. The fourth-order valence-electron chi connectivity index (χ4n) is 2.85. The molecular formula is C15H27N3. The minimum absolute atomic E-state index is 0.299. The number of rotatable bonds is 6. The minimum atomic E-state index is -0.299. The van der Waals surface area contributed by atoms with E-state index in [4.69, 9.17) is 0 Å². The molecule has 102 valence electrons. The van der Waals surface area contributed by atoms with Gasteiger partial charge in [-0.05, 0) is 65.1 Å². The molecule has 1 atom stereocenters. The summed E-state index contributed by atoms with van der Waals surface area (Å²) in [5.74, 6) is 0. The normalized spacial score (nSPS) is 25.1. The van der Waals surface area contributed by atoms with Gasteiger partial charge in [0.25, 0.3) is 0 Å². The lowest BCUT2D eigenvalue weighted by Crippen LogP contribution is -2.43. The molecule has 0 radical (unpaired) electrons. The van der Waals surface area contributed by atoms with Gasteiger partial charge in [0.1, 0.15) is 5.54 Å². The highest BCUT2D eigenvalue weighted by atomic mass is 15.1. The van der Waals surface area contributed by atoms with Gasteiger partial charge in [-0.3, -0.25) is 5.32 Å². The van der Waals surface area contributed by atoms with Crippen molar-refractivity contribution in [1.29, 1.82) is 5.26 Å². The Morgan fingerprint density at radius 1 is 1.22 bits per heavy atom. The minimum Gasteiger partial charge on any atom is -0.303 e. The summed E-state index contributed by atoms with van der Waals surface area (Å²) in [6.45, 7) is 5.76. The van der Waals surface area contributed by atoms with Gasteiger partial charge in [-0.15, -0.1) is 0 Å². The van der Waals surface area contributed by atoms with Crippen LogP contribution in [-0.4, -0.2) is 36.1 Å². The van der Waals surface area contributed by atoms with Gasteiger partial charge in [0.15, 0.2) is 0 Å². The zero-order valence-corrected chi connectivity index (χ0v) is 11.7. The van der Waals surface area contributed by atoms with Gasteiger partial charge in [0.05, 0.1) is 6.07 Å². The van der Waals surface area contributed by atoms with Crippen molar-refractivity contribution >= 4 is 0 Å². The van der Waals surface area contributed by atoms with Gasteiger partial charge in [0, 0.05) is 6.04 Å². The van der Waals surface area contributed by atoms with Crippen LogP contribution in [0.2, 0.25) is 0 Å². The van der Waals surface area contributed by atoms with Crippen LogP contribution in [0.3, 0.4) is 0 Å². The summed E-state index contributed by atoms with van der Waals surface area (Å²) in [5.41, 5.74) is -0.299. The van der Waals surface area contributed by atoms with Gasteiger partial charge in [0.2, 0.25) is 0 Å². The number of nitrogens with one attached hydrogen (secondary N) is 1. The Labute approximate surface area is 112 Å². The molecule has 0 amide bonds. The van der Waals surface area contributed by atoms with Crippen LogP contribution in [0.15, 0.2) is 0 Å². The molecule has 2 aliphatic rings. The highest BCUT2D eigenvalue weighted by Gasteiger charge is 2.32. The zero-order chi connectivity index (χ0) is 12.8. The first-order chi connectivity index (χ1) is 8.72. The average molecular weight is 249 g/mol. The van der Waals surface area contributed by atoms with Gasteiger partial charge in [-0.25, -0.2) is 0 Å². The van der Waals surface area contributed by atoms with Crippen LogP contribution in [0.25, 0.3) is 0 Å². The molecular weight excluding hydrogens is 222 g/mol. The van der Waals surface area contributed by atoms with E-state index in [-0.39, 0.29) is 5.54 Å². The summed E-state index contributed by atoms with van der Waals surface area (Å²) in [6.07, 6.45) is 10.1. The second-order valence-corrected chi connectivity index (χ2v) is 6.22. The molecule has 1 unspecified atom stereocenters. The fourth-order valence-corrected chi connectivity index (χ4v) is 2.85. The molecule has 1 N–H and O–H groups in total. The molecule has 1 aliphatic heterocycles. The van der Waals surface area contributed by atoms with Crippen molar-refractivity contribution in [3.05, 3.63) is 0 Å². The summed E-state index contributed by atoms with van der Waals surface area (Å²) < 4.78 is 0. The lowest BCUT2D eigenvalue weighted by atomic mass is 9.97. The Morgan fingerprint density at radius 3 is 2.44 bits per heavy atom. The molecule has 1 aliphatic carbocycles. The van der Waals surface area contributed by atoms with Crippen molar-refractivity contribution in [2.75, 3.05) is 19.6 Å². The first-order valence-corrected chi connectivity index (χ1v) is 7.63. The molecule has 0 bridgehead atoms. The molecule has 2 fully saturated rings. The quantitative estimate of drug-likeness (QED) is 0.786. The van der Waals surface area contributed by atoms with Gasteiger partial charge in [-0.2, -0.15) is 5.26 Å². The molecule has 3 nitrogen and oxygen atoms in total. The number of nitrogens with zero attached hydrogens (tertiary/aromatic N) is 2. The molecule has 1 heterocycles.